The van der Waals surface area contributed by atoms with Crippen molar-refractivity contribution in [1.82, 2.24) is 0 Å². The summed E-state index contributed by atoms with van der Waals surface area (Å²) in [6.45, 7) is 1.92. The van der Waals surface area contributed by atoms with Crippen LogP contribution in [0.5, 0.6) is 0 Å². The molecule has 0 spiro atoms. The van der Waals surface area contributed by atoms with Crippen LogP contribution < -0.4 is 0 Å². The molecule has 1 unspecified atom stereocenters. The van der Waals surface area contributed by atoms with Gasteiger partial charge in [-0.05, 0) is 25.1 Å². The third kappa shape index (κ3) is 1.40. The van der Waals surface area contributed by atoms with E-state index in [0.717, 1.165) is 21.4 Å². The van der Waals surface area contributed by atoms with Crippen LogP contribution in [0.3, 0.4) is 0 Å². The molecule has 1 aromatic carbocycles. The molecule has 0 amide bonds. The van der Waals surface area contributed by atoms with E-state index < -0.39 is 10.8 Å². The molecule has 3 heteroatoms. The standard InChI is InChI=1S/C10H10O2S/c1-7-10-4-3-9(13(2)11)5-8(10)6-12-7/h3-6H,1-2H3. The summed E-state index contributed by atoms with van der Waals surface area (Å²) in [5.74, 6) is 0.906. The first kappa shape index (κ1) is 8.51. The highest BCUT2D eigenvalue weighted by Gasteiger charge is 2.03. The normalized spacial score (nSPS) is 13.4. The Morgan fingerprint density at radius 2 is 2.15 bits per heavy atom. The van der Waals surface area contributed by atoms with Gasteiger partial charge in [0, 0.05) is 32.7 Å². The lowest BCUT2D eigenvalue weighted by atomic mass is 10.2. The van der Waals surface area contributed by atoms with Crippen molar-refractivity contribution in [2.45, 2.75) is 11.8 Å². The average Bonchev–Trinajstić information content (AvgIpc) is 2.47. The van der Waals surface area contributed by atoms with Crippen molar-refractivity contribution in [3.8, 4) is 0 Å². The second-order valence-electron chi connectivity index (χ2n) is 3.00. The number of hydrogen-bond donors (Lipinski definition) is 0. The Morgan fingerprint density at radius 3 is 2.85 bits per heavy atom. The van der Waals surface area contributed by atoms with Gasteiger partial charge in [-0.2, -0.15) is 0 Å². The maximum atomic E-state index is 11.2. The highest BCUT2D eigenvalue weighted by molar-refractivity contribution is 7.84. The Kier molecular flexibility index (Phi) is 1.96. The summed E-state index contributed by atoms with van der Waals surface area (Å²) in [6, 6.07) is 5.73. The Labute approximate surface area is 79.0 Å². The third-order valence-corrected chi connectivity index (χ3v) is 3.01. The third-order valence-electron chi connectivity index (χ3n) is 2.10. The molecule has 2 aromatic rings. The second kappa shape index (κ2) is 3.00. The van der Waals surface area contributed by atoms with Crippen molar-refractivity contribution in [1.29, 1.82) is 0 Å². The maximum absolute atomic E-state index is 11.2. The van der Waals surface area contributed by atoms with Gasteiger partial charge in [-0.25, -0.2) is 0 Å². The maximum Gasteiger partial charge on any atom is 0.108 e. The molecule has 0 fully saturated rings. The molecular weight excluding hydrogens is 184 g/mol. The van der Waals surface area contributed by atoms with E-state index in [2.05, 4.69) is 0 Å². The fourth-order valence-electron chi connectivity index (χ4n) is 1.35. The van der Waals surface area contributed by atoms with Crippen molar-refractivity contribution in [2.24, 2.45) is 0 Å². The number of aryl methyl sites for hydroxylation is 1. The van der Waals surface area contributed by atoms with E-state index in [9.17, 15) is 4.21 Å². The molecule has 2 rings (SSSR count). The molecule has 1 aromatic heterocycles. The molecule has 0 bridgehead atoms. The number of furan rings is 1. The summed E-state index contributed by atoms with van der Waals surface area (Å²) < 4.78 is 16.4. The average molecular weight is 194 g/mol. The highest BCUT2D eigenvalue weighted by atomic mass is 32.2. The van der Waals surface area contributed by atoms with Crippen LogP contribution >= 0.6 is 0 Å². The fraction of sp³-hybridized carbons (Fsp3) is 0.200. The lowest BCUT2D eigenvalue weighted by molar-refractivity contribution is 0.540. The molecule has 0 saturated heterocycles. The van der Waals surface area contributed by atoms with Crippen LogP contribution in [0.2, 0.25) is 0 Å². The summed E-state index contributed by atoms with van der Waals surface area (Å²) in [5, 5.41) is 2.11. The van der Waals surface area contributed by atoms with Gasteiger partial charge in [0.25, 0.3) is 0 Å². The fourth-order valence-corrected chi connectivity index (χ4v) is 1.91. The van der Waals surface area contributed by atoms with Crippen LogP contribution in [0.1, 0.15) is 5.76 Å². The summed E-state index contributed by atoms with van der Waals surface area (Å²) in [5.41, 5.74) is 0. The quantitative estimate of drug-likeness (QED) is 0.698. The molecule has 0 saturated carbocycles. The van der Waals surface area contributed by atoms with E-state index in [4.69, 9.17) is 4.42 Å². The smallest absolute Gasteiger partial charge is 0.108 e. The minimum absolute atomic E-state index is 0.841. The van der Waals surface area contributed by atoms with Crippen molar-refractivity contribution in [2.75, 3.05) is 6.26 Å². The Bertz CT molecular complexity index is 471. The van der Waals surface area contributed by atoms with E-state index in [1.54, 1.807) is 12.5 Å². The first-order valence-electron chi connectivity index (χ1n) is 4.00. The minimum atomic E-state index is -0.917. The Hall–Kier alpha value is -1.09. The summed E-state index contributed by atoms with van der Waals surface area (Å²) in [7, 11) is -0.917. The Balaban J connectivity index is 2.70. The number of fused-ring (bicyclic) bond motifs is 1. The number of rotatable bonds is 1. The van der Waals surface area contributed by atoms with Gasteiger partial charge in [-0.15, -0.1) is 0 Å². The minimum Gasteiger partial charge on any atom is -0.468 e. The van der Waals surface area contributed by atoms with Crippen molar-refractivity contribution in [3.05, 3.63) is 30.2 Å². The molecule has 1 heterocycles. The molecule has 0 N–H and O–H groups in total. The van der Waals surface area contributed by atoms with E-state index >= 15 is 0 Å². The first-order valence-corrected chi connectivity index (χ1v) is 5.55. The molecule has 0 aliphatic carbocycles. The molecule has 2 nitrogen and oxygen atoms in total. The lowest BCUT2D eigenvalue weighted by Crippen LogP contribution is -1.85. The SMILES string of the molecule is Cc1occ2cc(S(C)=O)ccc12. The van der Waals surface area contributed by atoms with Gasteiger partial charge in [-0.1, -0.05) is 0 Å². The molecular formula is C10H10O2S. The van der Waals surface area contributed by atoms with Crippen molar-refractivity contribution < 1.29 is 8.63 Å². The summed E-state index contributed by atoms with van der Waals surface area (Å²) >= 11 is 0. The van der Waals surface area contributed by atoms with Gasteiger partial charge in [0.05, 0.1) is 6.26 Å². The van der Waals surface area contributed by atoms with E-state index in [1.165, 1.54) is 0 Å². The van der Waals surface area contributed by atoms with Gasteiger partial charge < -0.3 is 4.42 Å². The van der Waals surface area contributed by atoms with Crippen molar-refractivity contribution in [3.63, 3.8) is 0 Å². The molecule has 1 atom stereocenters. The van der Waals surface area contributed by atoms with Gasteiger partial charge in [0.1, 0.15) is 5.76 Å². The van der Waals surface area contributed by atoms with Gasteiger partial charge in [0.2, 0.25) is 0 Å². The highest BCUT2D eigenvalue weighted by Crippen LogP contribution is 2.22. The van der Waals surface area contributed by atoms with Crippen LogP contribution in [-0.2, 0) is 10.8 Å². The second-order valence-corrected chi connectivity index (χ2v) is 4.37. The van der Waals surface area contributed by atoms with Crippen LogP contribution in [0.25, 0.3) is 10.8 Å². The Morgan fingerprint density at radius 1 is 1.38 bits per heavy atom. The van der Waals surface area contributed by atoms with Gasteiger partial charge >= 0.3 is 0 Å². The largest absolute Gasteiger partial charge is 0.468 e. The predicted octanol–water partition coefficient (Wildman–Crippen LogP) is 2.48. The van der Waals surface area contributed by atoms with Crippen molar-refractivity contribution >= 4 is 21.6 Å². The zero-order chi connectivity index (χ0) is 9.42. The summed E-state index contributed by atoms with van der Waals surface area (Å²) in [4.78, 5) is 0.841. The predicted molar refractivity (Wildman–Crippen MR) is 53.3 cm³/mol. The number of hydrogen-bond acceptors (Lipinski definition) is 2. The van der Waals surface area contributed by atoms with Crippen LogP contribution in [0.4, 0.5) is 0 Å². The first-order chi connectivity index (χ1) is 6.18. The van der Waals surface area contributed by atoms with E-state index in [1.807, 2.05) is 25.1 Å². The monoisotopic (exact) mass is 194 g/mol. The number of benzene rings is 1. The van der Waals surface area contributed by atoms with Crippen LogP contribution in [0, 0.1) is 6.92 Å². The van der Waals surface area contributed by atoms with Crippen LogP contribution in [-0.4, -0.2) is 10.5 Å². The van der Waals surface area contributed by atoms with Crippen LogP contribution in [0.15, 0.2) is 33.8 Å². The zero-order valence-electron chi connectivity index (χ0n) is 7.53. The summed E-state index contributed by atoms with van der Waals surface area (Å²) in [6.07, 6.45) is 3.37. The topological polar surface area (TPSA) is 30.2 Å². The molecule has 0 aliphatic heterocycles. The molecule has 0 aliphatic rings. The molecule has 13 heavy (non-hydrogen) atoms. The van der Waals surface area contributed by atoms with E-state index in [-0.39, 0.29) is 0 Å². The van der Waals surface area contributed by atoms with Gasteiger partial charge in [0.15, 0.2) is 0 Å². The molecule has 0 radical (unpaired) electrons. The zero-order valence-corrected chi connectivity index (χ0v) is 8.35. The van der Waals surface area contributed by atoms with E-state index in [0.29, 0.717) is 0 Å². The lowest BCUT2D eigenvalue weighted by Gasteiger charge is -1.95. The van der Waals surface area contributed by atoms with Gasteiger partial charge in [-0.3, -0.25) is 4.21 Å². The molecule has 68 valence electrons.